The SMILES string of the molecule is CCc1ccc2c(COC(=O)c3ccc(C)cc3O)cc(=O)oc2c1. The summed E-state index contributed by atoms with van der Waals surface area (Å²) >= 11 is 0. The first-order valence-corrected chi connectivity index (χ1v) is 8.00. The van der Waals surface area contributed by atoms with Crippen molar-refractivity contribution in [2.45, 2.75) is 26.9 Å². The topological polar surface area (TPSA) is 76.7 Å². The maximum atomic E-state index is 12.2. The number of rotatable bonds is 4. The smallest absolute Gasteiger partial charge is 0.342 e. The highest BCUT2D eigenvalue weighted by Crippen LogP contribution is 2.22. The Morgan fingerprint density at radius 3 is 2.68 bits per heavy atom. The molecular weight excluding hydrogens is 320 g/mol. The molecule has 25 heavy (non-hydrogen) atoms. The molecule has 5 nitrogen and oxygen atoms in total. The molecule has 0 aliphatic carbocycles. The minimum absolute atomic E-state index is 0.0836. The van der Waals surface area contributed by atoms with Gasteiger partial charge in [0.2, 0.25) is 0 Å². The summed E-state index contributed by atoms with van der Waals surface area (Å²) in [7, 11) is 0. The maximum Gasteiger partial charge on any atom is 0.342 e. The van der Waals surface area contributed by atoms with Crippen LogP contribution >= 0.6 is 0 Å². The van der Waals surface area contributed by atoms with Crippen molar-refractivity contribution in [2.24, 2.45) is 0 Å². The molecule has 0 amide bonds. The summed E-state index contributed by atoms with van der Waals surface area (Å²) in [6.45, 7) is 3.74. The third-order valence-electron chi connectivity index (χ3n) is 4.03. The van der Waals surface area contributed by atoms with E-state index in [1.165, 1.54) is 18.2 Å². The van der Waals surface area contributed by atoms with Crippen LogP contribution in [-0.2, 0) is 17.8 Å². The fraction of sp³-hybridized carbons (Fsp3) is 0.200. The summed E-state index contributed by atoms with van der Waals surface area (Å²) in [5.74, 6) is -0.779. The molecule has 3 rings (SSSR count). The zero-order valence-electron chi connectivity index (χ0n) is 14.0. The number of carbonyl (C=O) groups excluding carboxylic acids is 1. The van der Waals surface area contributed by atoms with E-state index in [9.17, 15) is 14.7 Å². The minimum Gasteiger partial charge on any atom is -0.507 e. The number of ether oxygens (including phenoxy) is 1. The molecule has 0 spiro atoms. The first-order chi connectivity index (χ1) is 12.0. The van der Waals surface area contributed by atoms with Crippen LogP contribution in [0.25, 0.3) is 11.0 Å². The number of phenols is 1. The molecule has 1 N–H and O–H groups in total. The fourth-order valence-electron chi connectivity index (χ4n) is 2.65. The van der Waals surface area contributed by atoms with Gasteiger partial charge < -0.3 is 14.3 Å². The Balaban J connectivity index is 1.88. The molecule has 0 aliphatic rings. The number of phenolic OH excluding ortho intramolecular Hbond substituents is 1. The number of esters is 1. The van der Waals surface area contributed by atoms with E-state index in [-0.39, 0.29) is 17.9 Å². The van der Waals surface area contributed by atoms with Crippen LogP contribution < -0.4 is 5.63 Å². The summed E-state index contributed by atoms with van der Waals surface area (Å²) in [5.41, 5.74) is 2.52. The van der Waals surface area contributed by atoms with E-state index in [2.05, 4.69) is 0 Å². The predicted octanol–water partition coefficient (Wildman–Crippen LogP) is 3.73. The van der Waals surface area contributed by atoms with Gasteiger partial charge in [-0.3, -0.25) is 0 Å². The van der Waals surface area contributed by atoms with Crippen molar-refractivity contribution in [2.75, 3.05) is 0 Å². The van der Waals surface area contributed by atoms with Gasteiger partial charge in [-0.1, -0.05) is 25.1 Å². The van der Waals surface area contributed by atoms with Gasteiger partial charge in [0, 0.05) is 17.0 Å². The number of fused-ring (bicyclic) bond motifs is 1. The molecule has 0 fully saturated rings. The van der Waals surface area contributed by atoms with Gasteiger partial charge in [-0.25, -0.2) is 9.59 Å². The van der Waals surface area contributed by atoms with Crippen LogP contribution in [0.15, 0.2) is 51.7 Å². The quantitative estimate of drug-likeness (QED) is 0.579. The van der Waals surface area contributed by atoms with Gasteiger partial charge in [0.15, 0.2) is 0 Å². The van der Waals surface area contributed by atoms with Gasteiger partial charge in [0.05, 0.1) is 0 Å². The van der Waals surface area contributed by atoms with Crippen LogP contribution in [0.5, 0.6) is 5.75 Å². The van der Waals surface area contributed by atoms with Gasteiger partial charge in [0.1, 0.15) is 23.5 Å². The highest BCUT2D eigenvalue weighted by molar-refractivity contribution is 5.92. The number of hydrogen-bond acceptors (Lipinski definition) is 5. The summed E-state index contributed by atoms with van der Waals surface area (Å²) in [6.07, 6.45) is 0.825. The van der Waals surface area contributed by atoms with E-state index >= 15 is 0 Å². The fourth-order valence-corrected chi connectivity index (χ4v) is 2.65. The molecule has 0 unspecified atom stereocenters. The van der Waals surface area contributed by atoms with Crippen molar-refractivity contribution in [3.05, 3.63) is 75.1 Å². The largest absolute Gasteiger partial charge is 0.507 e. The number of carbonyl (C=O) groups is 1. The molecule has 1 heterocycles. The Morgan fingerprint density at radius 2 is 1.96 bits per heavy atom. The van der Waals surface area contributed by atoms with Gasteiger partial charge in [-0.15, -0.1) is 0 Å². The molecule has 128 valence electrons. The van der Waals surface area contributed by atoms with Gasteiger partial charge >= 0.3 is 11.6 Å². The lowest BCUT2D eigenvalue weighted by atomic mass is 10.1. The summed E-state index contributed by atoms with van der Waals surface area (Å²) in [4.78, 5) is 24.0. The third kappa shape index (κ3) is 3.55. The summed E-state index contributed by atoms with van der Waals surface area (Å²) < 4.78 is 10.5. The standard InChI is InChI=1S/C20H18O5/c1-3-13-5-7-15-14(10-19(22)25-18(15)9-13)11-24-20(23)16-6-4-12(2)8-17(16)21/h4-10,21H,3,11H2,1-2H3. The highest BCUT2D eigenvalue weighted by Gasteiger charge is 2.14. The third-order valence-corrected chi connectivity index (χ3v) is 4.03. The Hall–Kier alpha value is -3.08. The lowest BCUT2D eigenvalue weighted by Crippen LogP contribution is -2.08. The first-order valence-electron chi connectivity index (χ1n) is 8.00. The van der Waals surface area contributed by atoms with E-state index in [4.69, 9.17) is 9.15 Å². The van der Waals surface area contributed by atoms with Crippen LogP contribution in [0.4, 0.5) is 0 Å². The molecule has 0 atom stereocenters. The Kier molecular flexibility index (Phi) is 4.57. The second kappa shape index (κ2) is 6.81. The van der Waals surface area contributed by atoms with Gasteiger partial charge in [-0.05, 0) is 42.7 Å². The lowest BCUT2D eigenvalue weighted by Gasteiger charge is -2.09. The normalized spacial score (nSPS) is 10.8. The van der Waals surface area contributed by atoms with E-state index < -0.39 is 11.6 Å². The number of aromatic hydroxyl groups is 1. The van der Waals surface area contributed by atoms with Crippen molar-refractivity contribution >= 4 is 16.9 Å². The summed E-state index contributed by atoms with van der Waals surface area (Å²) in [5, 5.41) is 10.6. The lowest BCUT2D eigenvalue weighted by molar-refractivity contribution is 0.0470. The Morgan fingerprint density at radius 1 is 1.16 bits per heavy atom. The first kappa shape index (κ1) is 16.8. The average Bonchev–Trinajstić information content (AvgIpc) is 2.58. The van der Waals surface area contributed by atoms with Crippen LogP contribution in [0.3, 0.4) is 0 Å². The van der Waals surface area contributed by atoms with E-state index in [1.807, 2.05) is 32.0 Å². The molecule has 0 radical (unpaired) electrons. The van der Waals surface area contributed by atoms with Crippen LogP contribution in [-0.4, -0.2) is 11.1 Å². The van der Waals surface area contributed by atoms with Gasteiger partial charge in [-0.2, -0.15) is 0 Å². The molecule has 0 saturated carbocycles. The number of benzene rings is 2. The van der Waals surface area contributed by atoms with Crippen molar-refractivity contribution in [3.8, 4) is 5.75 Å². The number of aryl methyl sites for hydroxylation is 2. The molecule has 0 bridgehead atoms. The van der Waals surface area contributed by atoms with Crippen LogP contribution in [0.2, 0.25) is 0 Å². The maximum absolute atomic E-state index is 12.2. The zero-order valence-corrected chi connectivity index (χ0v) is 14.0. The molecule has 3 aromatic rings. The van der Waals surface area contributed by atoms with Gasteiger partial charge in [0.25, 0.3) is 0 Å². The Labute approximate surface area is 144 Å². The molecule has 2 aromatic carbocycles. The van der Waals surface area contributed by atoms with E-state index in [1.54, 1.807) is 6.07 Å². The monoisotopic (exact) mass is 338 g/mol. The minimum atomic E-state index is -0.649. The van der Waals surface area contributed by atoms with Crippen molar-refractivity contribution in [1.29, 1.82) is 0 Å². The van der Waals surface area contributed by atoms with E-state index in [0.29, 0.717) is 11.1 Å². The zero-order chi connectivity index (χ0) is 18.0. The molecule has 5 heteroatoms. The average molecular weight is 338 g/mol. The highest BCUT2D eigenvalue weighted by atomic mass is 16.5. The molecule has 0 saturated heterocycles. The predicted molar refractivity (Wildman–Crippen MR) is 93.8 cm³/mol. The van der Waals surface area contributed by atoms with Crippen molar-refractivity contribution < 1.29 is 19.1 Å². The second-order valence-corrected chi connectivity index (χ2v) is 5.87. The van der Waals surface area contributed by atoms with Crippen LogP contribution in [0, 0.1) is 6.92 Å². The van der Waals surface area contributed by atoms with E-state index in [0.717, 1.165) is 22.9 Å². The van der Waals surface area contributed by atoms with Crippen molar-refractivity contribution in [3.63, 3.8) is 0 Å². The molecule has 0 aliphatic heterocycles. The molecule has 1 aromatic heterocycles. The number of hydrogen-bond donors (Lipinski definition) is 1. The van der Waals surface area contributed by atoms with Crippen LogP contribution in [0.1, 0.15) is 34.0 Å². The Bertz CT molecular complexity index is 1000. The molecular formula is C20H18O5. The van der Waals surface area contributed by atoms with Crippen molar-refractivity contribution in [1.82, 2.24) is 0 Å². The second-order valence-electron chi connectivity index (χ2n) is 5.87. The summed E-state index contributed by atoms with van der Waals surface area (Å²) in [6, 6.07) is 11.6.